The van der Waals surface area contributed by atoms with Crippen molar-refractivity contribution in [3.05, 3.63) is 64.5 Å². The largest absolute Gasteiger partial charge is 0.285 e. The summed E-state index contributed by atoms with van der Waals surface area (Å²) in [6.45, 7) is 2.02. The third-order valence-corrected chi connectivity index (χ3v) is 3.51. The van der Waals surface area contributed by atoms with Gasteiger partial charge >= 0.3 is 0 Å². The summed E-state index contributed by atoms with van der Waals surface area (Å²) in [7, 11) is 0. The van der Waals surface area contributed by atoms with Crippen molar-refractivity contribution in [3.8, 4) is 0 Å². The number of aryl methyl sites for hydroxylation is 3. The van der Waals surface area contributed by atoms with Gasteiger partial charge in [0.1, 0.15) is 0 Å². The maximum atomic E-state index is 10.0. The number of hydrogen-bond acceptors (Lipinski definition) is 1. The van der Waals surface area contributed by atoms with Gasteiger partial charge in [-0.15, -0.1) is 0 Å². The summed E-state index contributed by atoms with van der Waals surface area (Å²) in [5.41, 5.74) is 6.14. The second-order valence-corrected chi connectivity index (χ2v) is 4.78. The molecule has 0 atom stereocenters. The highest BCUT2D eigenvalue weighted by atomic mass is 16.5. The second kappa shape index (κ2) is 3.88. The maximum absolute atomic E-state index is 10.0. The van der Waals surface area contributed by atoms with Crippen molar-refractivity contribution in [2.75, 3.05) is 0 Å². The summed E-state index contributed by atoms with van der Waals surface area (Å²) in [6, 6.07) is 10.7. The molecule has 1 aromatic carbocycles. The first-order valence-corrected chi connectivity index (χ1v) is 6.04. The van der Waals surface area contributed by atoms with Crippen molar-refractivity contribution in [2.45, 2.75) is 26.2 Å². The zero-order valence-corrected chi connectivity index (χ0v) is 9.98. The highest BCUT2D eigenvalue weighted by Gasteiger charge is 2.22. The first-order valence-electron chi connectivity index (χ1n) is 6.04. The molecule has 1 N–H and O–H groups in total. The molecule has 86 valence electrons. The quantitative estimate of drug-likeness (QED) is 0.540. The molecule has 2 aromatic rings. The van der Waals surface area contributed by atoms with Crippen molar-refractivity contribution >= 4 is 0 Å². The Morgan fingerprint density at radius 2 is 1.76 bits per heavy atom. The van der Waals surface area contributed by atoms with Gasteiger partial charge in [-0.1, -0.05) is 24.3 Å². The predicted octanol–water partition coefficient (Wildman–Crippen LogP) is 2.21. The van der Waals surface area contributed by atoms with E-state index in [4.69, 9.17) is 0 Å². The molecule has 0 bridgehead atoms. The fourth-order valence-corrected chi connectivity index (χ4v) is 2.65. The Kier molecular flexibility index (Phi) is 2.36. The SMILES string of the molecule is Cc1cc2c([n+](O)c1)Cc1ccccc1CC2. The molecule has 0 fully saturated rings. The molecule has 0 saturated heterocycles. The Morgan fingerprint density at radius 3 is 2.59 bits per heavy atom. The fourth-order valence-electron chi connectivity index (χ4n) is 2.65. The van der Waals surface area contributed by atoms with E-state index >= 15 is 0 Å². The van der Waals surface area contributed by atoms with E-state index in [2.05, 4.69) is 30.3 Å². The van der Waals surface area contributed by atoms with E-state index in [1.54, 1.807) is 6.20 Å². The normalized spacial score (nSPS) is 13.7. The summed E-state index contributed by atoms with van der Waals surface area (Å²) in [5, 5.41) is 10.0. The van der Waals surface area contributed by atoms with Crippen LogP contribution in [0.25, 0.3) is 0 Å². The monoisotopic (exact) mass is 226 g/mol. The minimum Gasteiger partial charge on any atom is -0.285 e. The van der Waals surface area contributed by atoms with Crippen LogP contribution in [-0.4, -0.2) is 5.21 Å². The lowest BCUT2D eigenvalue weighted by molar-refractivity contribution is -0.909. The van der Waals surface area contributed by atoms with Crippen molar-refractivity contribution in [2.24, 2.45) is 0 Å². The van der Waals surface area contributed by atoms with Crippen molar-refractivity contribution in [3.63, 3.8) is 0 Å². The van der Waals surface area contributed by atoms with Gasteiger partial charge in [0, 0.05) is 15.9 Å². The van der Waals surface area contributed by atoms with E-state index in [1.165, 1.54) is 21.4 Å². The summed E-state index contributed by atoms with van der Waals surface area (Å²) in [6.07, 6.45) is 4.68. The third kappa shape index (κ3) is 1.80. The van der Waals surface area contributed by atoms with E-state index in [0.29, 0.717) is 0 Å². The molecule has 0 saturated carbocycles. The highest BCUT2D eigenvalue weighted by Crippen LogP contribution is 2.22. The number of nitrogens with zero attached hydrogens (tertiary/aromatic N) is 1. The van der Waals surface area contributed by atoms with Gasteiger partial charge < -0.3 is 0 Å². The number of fused-ring (bicyclic) bond motifs is 2. The Hall–Kier alpha value is -1.83. The standard InChI is InChI=1S/C15H16NO/c1-11-8-14-7-6-12-4-2-3-5-13(12)9-15(14)16(17)10-11/h2-5,8,10,17H,6-7,9H2,1H3/q+1. The van der Waals surface area contributed by atoms with Crippen LogP contribution in [0.4, 0.5) is 0 Å². The molecule has 3 rings (SSSR count). The zero-order chi connectivity index (χ0) is 11.8. The van der Waals surface area contributed by atoms with Crippen molar-refractivity contribution in [1.29, 1.82) is 0 Å². The Balaban J connectivity index is 2.14. The van der Waals surface area contributed by atoms with E-state index in [-0.39, 0.29) is 0 Å². The van der Waals surface area contributed by atoms with Gasteiger partial charge in [0.2, 0.25) is 11.9 Å². The maximum Gasteiger partial charge on any atom is 0.241 e. The molecular weight excluding hydrogens is 210 g/mol. The Bertz CT molecular complexity index is 575. The van der Waals surface area contributed by atoms with Crippen LogP contribution < -0.4 is 4.73 Å². The molecule has 0 amide bonds. The average Bonchev–Trinajstić information content (AvgIpc) is 2.49. The first kappa shape index (κ1) is 10.3. The summed E-state index contributed by atoms with van der Waals surface area (Å²) >= 11 is 0. The van der Waals surface area contributed by atoms with Crippen molar-refractivity contribution < 1.29 is 9.94 Å². The highest BCUT2D eigenvalue weighted by molar-refractivity contribution is 5.36. The van der Waals surface area contributed by atoms with Crippen LogP contribution in [0.5, 0.6) is 0 Å². The minimum atomic E-state index is 0.822. The van der Waals surface area contributed by atoms with E-state index in [0.717, 1.165) is 30.5 Å². The number of rotatable bonds is 0. The predicted molar refractivity (Wildman–Crippen MR) is 65.2 cm³/mol. The van der Waals surface area contributed by atoms with Crippen LogP contribution in [0.3, 0.4) is 0 Å². The smallest absolute Gasteiger partial charge is 0.241 e. The molecule has 0 radical (unpaired) electrons. The molecule has 1 heterocycles. The molecule has 1 aromatic heterocycles. The van der Waals surface area contributed by atoms with Crippen LogP contribution in [0.2, 0.25) is 0 Å². The molecule has 1 aliphatic rings. The Morgan fingerprint density at radius 1 is 1.06 bits per heavy atom. The fraction of sp³-hybridized carbons (Fsp3) is 0.267. The van der Waals surface area contributed by atoms with Gasteiger partial charge in [0.25, 0.3) is 0 Å². The van der Waals surface area contributed by atoms with Gasteiger partial charge in [-0.05, 0) is 37.0 Å². The van der Waals surface area contributed by atoms with Gasteiger partial charge in [0.15, 0.2) is 0 Å². The second-order valence-electron chi connectivity index (χ2n) is 4.78. The van der Waals surface area contributed by atoms with Gasteiger partial charge in [0.05, 0.1) is 6.42 Å². The van der Waals surface area contributed by atoms with Crippen LogP contribution in [-0.2, 0) is 19.3 Å². The Labute approximate surface area is 101 Å². The molecular formula is C15H16NO+. The number of aromatic nitrogens is 1. The molecule has 0 spiro atoms. The molecule has 2 heteroatoms. The van der Waals surface area contributed by atoms with Crippen LogP contribution >= 0.6 is 0 Å². The van der Waals surface area contributed by atoms with E-state index in [9.17, 15) is 5.21 Å². The number of benzene rings is 1. The molecule has 2 nitrogen and oxygen atoms in total. The van der Waals surface area contributed by atoms with Crippen LogP contribution in [0.1, 0.15) is 27.9 Å². The topological polar surface area (TPSA) is 24.1 Å². The lowest BCUT2D eigenvalue weighted by Crippen LogP contribution is -2.36. The van der Waals surface area contributed by atoms with E-state index < -0.39 is 0 Å². The minimum absolute atomic E-state index is 0.822. The lowest BCUT2D eigenvalue weighted by atomic mass is 10.0. The number of pyridine rings is 1. The van der Waals surface area contributed by atoms with E-state index in [1.807, 2.05) is 6.92 Å². The molecule has 0 unspecified atom stereocenters. The van der Waals surface area contributed by atoms with Crippen molar-refractivity contribution in [1.82, 2.24) is 0 Å². The summed E-state index contributed by atoms with van der Waals surface area (Å²) in [5.74, 6) is 0. The molecule has 17 heavy (non-hydrogen) atoms. The van der Waals surface area contributed by atoms with Crippen LogP contribution in [0.15, 0.2) is 36.5 Å². The number of hydrogen-bond donors (Lipinski definition) is 1. The average molecular weight is 226 g/mol. The molecule has 0 aliphatic heterocycles. The summed E-state index contributed by atoms with van der Waals surface area (Å²) < 4.78 is 1.30. The zero-order valence-electron chi connectivity index (χ0n) is 9.98. The summed E-state index contributed by atoms with van der Waals surface area (Å²) in [4.78, 5) is 0. The third-order valence-electron chi connectivity index (χ3n) is 3.51. The van der Waals surface area contributed by atoms with Gasteiger partial charge in [-0.25, -0.2) is 0 Å². The van der Waals surface area contributed by atoms with Gasteiger partial charge in [-0.3, -0.25) is 5.21 Å². The van der Waals surface area contributed by atoms with Gasteiger partial charge in [-0.2, -0.15) is 0 Å². The lowest BCUT2D eigenvalue weighted by Gasteiger charge is -2.02. The molecule has 1 aliphatic carbocycles. The van der Waals surface area contributed by atoms with Crippen LogP contribution in [0, 0.1) is 6.92 Å². The first-order chi connectivity index (χ1) is 8.24.